The predicted molar refractivity (Wildman–Crippen MR) is 57.6 cm³/mol. The van der Waals surface area contributed by atoms with Crippen LogP contribution in [0.2, 0.25) is 0 Å². The minimum atomic E-state index is -0.361. The Morgan fingerprint density at radius 3 is 2.33 bits per heavy atom. The van der Waals surface area contributed by atoms with Crippen LogP contribution < -0.4 is 5.32 Å². The van der Waals surface area contributed by atoms with Gasteiger partial charge < -0.3 is 20.6 Å². The smallest absolute Gasteiger partial charge is 0.120 e. The summed E-state index contributed by atoms with van der Waals surface area (Å²) < 4.78 is 0. The lowest BCUT2D eigenvalue weighted by atomic mass is 10.1. The first kappa shape index (κ1) is 12.0. The van der Waals surface area contributed by atoms with E-state index < -0.39 is 0 Å². The average molecular weight is 211 g/mol. The van der Waals surface area contributed by atoms with Gasteiger partial charge in [-0.15, -0.1) is 0 Å². The van der Waals surface area contributed by atoms with Gasteiger partial charge >= 0.3 is 0 Å². The van der Waals surface area contributed by atoms with Gasteiger partial charge in [-0.25, -0.2) is 0 Å². The Morgan fingerprint density at radius 2 is 1.80 bits per heavy atom. The molecule has 0 bridgehead atoms. The molecule has 0 aliphatic rings. The van der Waals surface area contributed by atoms with Crippen molar-refractivity contribution in [2.75, 3.05) is 13.2 Å². The Labute approximate surface area is 89.2 Å². The number of phenolic OH excluding ortho intramolecular Hbond substituents is 1. The molecule has 0 saturated carbocycles. The van der Waals surface area contributed by atoms with Crippen LogP contribution in [0, 0.1) is 0 Å². The Kier molecular flexibility index (Phi) is 4.55. The molecule has 0 aliphatic carbocycles. The van der Waals surface area contributed by atoms with Gasteiger partial charge in [-0.3, -0.25) is 0 Å². The minimum Gasteiger partial charge on any atom is -0.508 e. The van der Waals surface area contributed by atoms with Crippen molar-refractivity contribution in [1.82, 2.24) is 5.32 Å². The molecule has 0 heterocycles. The van der Waals surface area contributed by atoms with Gasteiger partial charge in [0.2, 0.25) is 0 Å². The van der Waals surface area contributed by atoms with Crippen LogP contribution in [0.4, 0.5) is 0 Å². The highest BCUT2D eigenvalue weighted by molar-refractivity contribution is 5.34. The van der Waals surface area contributed by atoms with Gasteiger partial charge in [-0.2, -0.15) is 0 Å². The number of benzene rings is 1. The highest BCUT2D eigenvalue weighted by Gasteiger charge is 2.13. The second-order valence-corrected chi connectivity index (χ2v) is 3.51. The van der Waals surface area contributed by atoms with E-state index in [1.807, 2.05) is 13.0 Å². The molecule has 1 rings (SSSR count). The summed E-state index contributed by atoms with van der Waals surface area (Å²) >= 11 is 0. The van der Waals surface area contributed by atoms with Gasteiger partial charge in [0.1, 0.15) is 5.75 Å². The van der Waals surface area contributed by atoms with E-state index in [4.69, 9.17) is 10.2 Å². The van der Waals surface area contributed by atoms with Gasteiger partial charge in [0.15, 0.2) is 0 Å². The molecule has 1 atom stereocenters. The highest BCUT2D eigenvalue weighted by Crippen LogP contribution is 2.23. The van der Waals surface area contributed by atoms with E-state index in [-0.39, 0.29) is 31.0 Å². The SMILES string of the molecule is CC(NC(CO)CO)c1ccccc1O. The van der Waals surface area contributed by atoms with E-state index in [9.17, 15) is 5.11 Å². The maximum absolute atomic E-state index is 9.57. The molecule has 1 aromatic carbocycles. The Balaban J connectivity index is 2.68. The summed E-state index contributed by atoms with van der Waals surface area (Å²) in [6, 6.07) is 6.52. The first-order valence-electron chi connectivity index (χ1n) is 4.94. The zero-order valence-corrected chi connectivity index (χ0v) is 8.72. The average Bonchev–Trinajstić information content (AvgIpc) is 2.26. The van der Waals surface area contributed by atoms with Gasteiger partial charge in [0.25, 0.3) is 0 Å². The molecule has 84 valence electrons. The third-order valence-corrected chi connectivity index (χ3v) is 2.33. The van der Waals surface area contributed by atoms with Crippen LogP contribution in [0.1, 0.15) is 18.5 Å². The van der Waals surface area contributed by atoms with Crippen LogP contribution in [0.3, 0.4) is 0 Å². The Morgan fingerprint density at radius 1 is 1.20 bits per heavy atom. The zero-order chi connectivity index (χ0) is 11.3. The number of phenols is 1. The topological polar surface area (TPSA) is 72.7 Å². The third-order valence-electron chi connectivity index (χ3n) is 2.33. The molecular formula is C11H17NO3. The van der Waals surface area contributed by atoms with Crippen LogP contribution in [-0.4, -0.2) is 34.6 Å². The monoisotopic (exact) mass is 211 g/mol. The summed E-state index contributed by atoms with van der Waals surface area (Å²) in [5.41, 5.74) is 0.754. The van der Waals surface area contributed by atoms with E-state index in [1.54, 1.807) is 18.2 Å². The molecular weight excluding hydrogens is 194 g/mol. The van der Waals surface area contributed by atoms with Crippen LogP contribution in [0.5, 0.6) is 5.75 Å². The lowest BCUT2D eigenvalue weighted by Gasteiger charge is -2.20. The van der Waals surface area contributed by atoms with Gasteiger partial charge in [0.05, 0.1) is 19.3 Å². The van der Waals surface area contributed by atoms with Gasteiger partial charge in [-0.1, -0.05) is 18.2 Å². The predicted octanol–water partition coefficient (Wildman–Crippen LogP) is 0.396. The molecule has 0 aliphatic heterocycles. The molecule has 0 amide bonds. The number of aliphatic hydroxyl groups excluding tert-OH is 2. The van der Waals surface area contributed by atoms with Crippen molar-refractivity contribution in [2.24, 2.45) is 0 Å². The number of nitrogens with one attached hydrogen (secondary N) is 1. The molecule has 0 fully saturated rings. The lowest BCUT2D eigenvalue weighted by molar-refractivity contribution is 0.163. The fourth-order valence-corrected chi connectivity index (χ4v) is 1.46. The number of hydrogen-bond acceptors (Lipinski definition) is 4. The Hall–Kier alpha value is -1.10. The molecule has 4 nitrogen and oxygen atoms in total. The maximum Gasteiger partial charge on any atom is 0.120 e. The van der Waals surface area contributed by atoms with Gasteiger partial charge in [-0.05, 0) is 13.0 Å². The zero-order valence-electron chi connectivity index (χ0n) is 8.72. The van der Waals surface area contributed by atoms with E-state index in [0.717, 1.165) is 5.56 Å². The van der Waals surface area contributed by atoms with E-state index in [1.165, 1.54) is 0 Å². The van der Waals surface area contributed by atoms with Crippen molar-refractivity contribution in [3.8, 4) is 5.75 Å². The summed E-state index contributed by atoms with van der Waals surface area (Å²) in [7, 11) is 0. The number of rotatable bonds is 5. The van der Waals surface area contributed by atoms with Crippen LogP contribution in [-0.2, 0) is 0 Å². The van der Waals surface area contributed by atoms with Crippen molar-refractivity contribution in [3.63, 3.8) is 0 Å². The van der Waals surface area contributed by atoms with Crippen LogP contribution in [0.25, 0.3) is 0 Å². The van der Waals surface area contributed by atoms with Crippen molar-refractivity contribution < 1.29 is 15.3 Å². The summed E-state index contributed by atoms with van der Waals surface area (Å²) in [4.78, 5) is 0. The van der Waals surface area contributed by atoms with Crippen molar-refractivity contribution >= 4 is 0 Å². The first-order valence-corrected chi connectivity index (χ1v) is 4.94. The van der Waals surface area contributed by atoms with E-state index in [2.05, 4.69) is 5.32 Å². The van der Waals surface area contributed by atoms with Crippen LogP contribution in [0.15, 0.2) is 24.3 Å². The van der Waals surface area contributed by atoms with E-state index in [0.29, 0.717) is 0 Å². The molecule has 4 N–H and O–H groups in total. The molecule has 4 heteroatoms. The maximum atomic E-state index is 9.57. The quantitative estimate of drug-likeness (QED) is 0.568. The summed E-state index contributed by atoms with van der Waals surface area (Å²) in [6.45, 7) is 1.61. The standard InChI is InChI=1S/C11H17NO3/c1-8(12-9(6-13)7-14)10-4-2-3-5-11(10)15/h2-5,8-9,12-15H,6-7H2,1H3. The summed E-state index contributed by atoms with van der Waals surface area (Å²) in [5.74, 6) is 0.215. The first-order chi connectivity index (χ1) is 7.19. The fraction of sp³-hybridized carbons (Fsp3) is 0.455. The number of para-hydroxylation sites is 1. The molecule has 1 aromatic rings. The minimum absolute atomic E-state index is 0.115. The lowest BCUT2D eigenvalue weighted by Crippen LogP contribution is -2.37. The van der Waals surface area contributed by atoms with Gasteiger partial charge in [0, 0.05) is 11.6 Å². The second kappa shape index (κ2) is 5.70. The fourth-order valence-electron chi connectivity index (χ4n) is 1.46. The summed E-state index contributed by atoms with van der Waals surface area (Å²) in [5, 5.41) is 30.4. The molecule has 0 saturated heterocycles. The number of aromatic hydroxyl groups is 1. The molecule has 1 unspecified atom stereocenters. The largest absolute Gasteiger partial charge is 0.508 e. The normalized spacial score (nSPS) is 13.1. The molecule has 0 aromatic heterocycles. The molecule has 15 heavy (non-hydrogen) atoms. The highest BCUT2D eigenvalue weighted by atomic mass is 16.3. The summed E-state index contributed by atoms with van der Waals surface area (Å²) in [6.07, 6.45) is 0. The van der Waals surface area contributed by atoms with E-state index >= 15 is 0 Å². The number of hydrogen-bond donors (Lipinski definition) is 4. The van der Waals surface area contributed by atoms with Crippen molar-refractivity contribution in [3.05, 3.63) is 29.8 Å². The van der Waals surface area contributed by atoms with Crippen molar-refractivity contribution in [2.45, 2.75) is 19.0 Å². The van der Waals surface area contributed by atoms with Crippen LogP contribution >= 0.6 is 0 Å². The van der Waals surface area contributed by atoms with Crippen molar-refractivity contribution in [1.29, 1.82) is 0 Å². The number of aliphatic hydroxyl groups is 2. The third kappa shape index (κ3) is 3.20. The molecule has 0 radical (unpaired) electrons. The second-order valence-electron chi connectivity index (χ2n) is 3.51. The molecule has 0 spiro atoms. The Bertz CT molecular complexity index is 300.